The number of nitrogens with two attached hydrogens (primary N) is 1. The number of hydrogen-bond donors (Lipinski definition) is 2. The van der Waals surface area contributed by atoms with E-state index in [1.54, 1.807) is 7.11 Å². The van der Waals surface area contributed by atoms with Crippen molar-refractivity contribution in [2.24, 2.45) is 5.73 Å². The van der Waals surface area contributed by atoms with E-state index in [-0.39, 0.29) is 12.1 Å². The van der Waals surface area contributed by atoms with Crippen LogP contribution in [-0.2, 0) is 13.0 Å². The summed E-state index contributed by atoms with van der Waals surface area (Å²) in [6.07, 6.45) is 0.755. The monoisotopic (exact) mass is 247 g/mol. The zero-order valence-corrected chi connectivity index (χ0v) is 10.6. The summed E-state index contributed by atoms with van der Waals surface area (Å²) in [5.41, 5.74) is 7.83. The van der Waals surface area contributed by atoms with Crippen molar-refractivity contribution in [1.29, 1.82) is 0 Å². The van der Waals surface area contributed by atoms with Gasteiger partial charge in [-0.05, 0) is 30.7 Å². The lowest BCUT2D eigenvalue weighted by Crippen LogP contribution is -2.19. The fourth-order valence-corrected chi connectivity index (χ4v) is 1.93. The zero-order valence-electron chi connectivity index (χ0n) is 10.6. The molecule has 3 N–H and O–H groups in total. The average Bonchev–Trinajstić information content (AvgIpc) is 2.75. The third-order valence-corrected chi connectivity index (χ3v) is 2.96. The van der Waals surface area contributed by atoms with Gasteiger partial charge in [0.2, 0.25) is 0 Å². The molecule has 0 amide bonds. The SMILES string of the molecule is CCc1[nH]n(-c2ccc(OC)cc2)c(=O)c1CN. The van der Waals surface area contributed by atoms with E-state index in [0.717, 1.165) is 23.6 Å². The minimum absolute atomic E-state index is 0.0838. The highest BCUT2D eigenvalue weighted by atomic mass is 16.5. The highest BCUT2D eigenvalue weighted by Crippen LogP contribution is 2.14. The minimum Gasteiger partial charge on any atom is -0.497 e. The predicted octanol–water partition coefficient (Wildman–Crippen LogP) is 1.20. The van der Waals surface area contributed by atoms with Crippen molar-refractivity contribution in [1.82, 2.24) is 9.78 Å². The molecule has 1 heterocycles. The highest BCUT2D eigenvalue weighted by Gasteiger charge is 2.12. The summed E-state index contributed by atoms with van der Waals surface area (Å²) in [5, 5.41) is 3.09. The van der Waals surface area contributed by atoms with Gasteiger partial charge in [-0.3, -0.25) is 9.89 Å². The fraction of sp³-hybridized carbons (Fsp3) is 0.308. The van der Waals surface area contributed by atoms with E-state index in [1.165, 1.54) is 4.68 Å². The van der Waals surface area contributed by atoms with Crippen LogP contribution in [0.4, 0.5) is 0 Å². The van der Waals surface area contributed by atoms with Crippen molar-refractivity contribution < 1.29 is 4.74 Å². The molecule has 0 unspecified atom stereocenters. The lowest BCUT2D eigenvalue weighted by molar-refractivity contribution is 0.414. The van der Waals surface area contributed by atoms with Gasteiger partial charge in [0.15, 0.2) is 0 Å². The van der Waals surface area contributed by atoms with Gasteiger partial charge in [0.05, 0.1) is 18.4 Å². The Hall–Kier alpha value is -2.01. The van der Waals surface area contributed by atoms with E-state index < -0.39 is 0 Å². The number of methoxy groups -OCH3 is 1. The topological polar surface area (TPSA) is 73.0 Å². The number of nitrogens with zero attached hydrogens (tertiary/aromatic N) is 1. The third-order valence-electron chi connectivity index (χ3n) is 2.96. The largest absolute Gasteiger partial charge is 0.497 e. The number of H-pyrrole nitrogens is 1. The molecule has 0 saturated heterocycles. The standard InChI is InChI=1S/C13H17N3O2/c1-3-12-11(8-14)13(17)16(15-12)9-4-6-10(18-2)7-5-9/h4-7,15H,3,8,14H2,1-2H3. The van der Waals surface area contributed by atoms with Crippen LogP contribution in [0.5, 0.6) is 5.75 Å². The van der Waals surface area contributed by atoms with Crippen LogP contribution >= 0.6 is 0 Å². The van der Waals surface area contributed by atoms with Crippen molar-refractivity contribution in [3.8, 4) is 11.4 Å². The summed E-state index contributed by atoms with van der Waals surface area (Å²) in [5.74, 6) is 0.758. The Morgan fingerprint density at radius 2 is 2.00 bits per heavy atom. The van der Waals surface area contributed by atoms with Gasteiger partial charge in [-0.25, -0.2) is 4.68 Å². The molecule has 2 aromatic rings. The number of aryl methyl sites for hydroxylation is 1. The molecule has 0 aliphatic heterocycles. The first-order valence-corrected chi connectivity index (χ1v) is 5.88. The quantitative estimate of drug-likeness (QED) is 0.852. The molecule has 1 aromatic heterocycles. The Kier molecular flexibility index (Phi) is 3.53. The Morgan fingerprint density at radius 1 is 1.33 bits per heavy atom. The molecular formula is C13H17N3O2. The van der Waals surface area contributed by atoms with Gasteiger partial charge in [-0.2, -0.15) is 0 Å². The van der Waals surface area contributed by atoms with Gasteiger partial charge >= 0.3 is 0 Å². The normalized spacial score (nSPS) is 10.6. The third kappa shape index (κ3) is 2.04. The lowest BCUT2D eigenvalue weighted by Gasteiger charge is -2.03. The number of nitrogens with one attached hydrogen (secondary N) is 1. The number of ether oxygens (including phenoxy) is 1. The minimum atomic E-state index is -0.0838. The van der Waals surface area contributed by atoms with Gasteiger partial charge in [0, 0.05) is 12.2 Å². The summed E-state index contributed by atoms with van der Waals surface area (Å²) >= 11 is 0. The maximum atomic E-state index is 12.2. The molecular weight excluding hydrogens is 230 g/mol. The maximum Gasteiger partial charge on any atom is 0.275 e. The van der Waals surface area contributed by atoms with Gasteiger partial charge in [-0.15, -0.1) is 0 Å². The highest BCUT2D eigenvalue weighted by molar-refractivity contribution is 5.38. The second kappa shape index (κ2) is 5.10. The number of aromatic nitrogens is 2. The van der Waals surface area contributed by atoms with E-state index in [2.05, 4.69) is 5.10 Å². The molecule has 18 heavy (non-hydrogen) atoms. The van der Waals surface area contributed by atoms with Gasteiger partial charge in [-0.1, -0.05) is 6.92 Å². The molecule has 0 aliphatic rings. The van der Waals surface area contributed by atoms with Crippen molar-refractivity contribution >= 4 is 0 Å². The second-order valence-electron chi connectivity index (χ2n) is 3.97. The molecule has 0 atom stereocenters. The van der Waals surface area contributed by atoms with Crippen LogP contribution in [0.1, 0.15) is 18.2 Å². The first-order valence-electron chi connectivity index (χ1n) is 5.88. The molecule has 0 spiro atoms. The molecule has 0 radical (unpaired) electrons. The van der Waals surface area contributed by atoms with E-state index in [9.17, 15) is 4.79 Å². The van der Waals surface area contributed by atoms with E-state index in [4.69, 9.17) is 10.5 Å². The number of hydrogen-bond acceptors (Lipinski definition) is 3. The molecule has 0 aliphatic carbocycles. The van der Waals surface area contributed by atoms with Crippen LogP contribution in [0.3, 0.4) is 0 Å². The van der Waals surface area contributed by atoms with E-state index in [1.807, 2.05) is 31.2 Å². The Balaban J connectivity index is 2.50. The molecule has 0 bridgehead atoms. The summed E-state index contributed by atoms with van der Waals surface area (Å²) < 4.78 is 6.60. The smallest absolute Gasteiger partial charge is 0.275 e. The number of rotatable bonds is 4. The van der Waals surface area contributed by atoms with Gasteiger partial charge in [0.1, 0.15) is 5.75 Å². The molecule has 2 rings (SSSR count). The first kappa shape index (κ1) is 12.4. The molecule has 5 heteroatoms. The molecule has 5 nitrogen and oxygen atoms in total. The Bertz CT molecular complexity index is 581. The average molecular weight is 247 g/mol. The van der Waals surface area contributed by atoms with Crippen LogP contribution < -0.4 is 16.0 Å². The van der Waals surface area contributed by atoms with Crippen molar-refractivity contribution in [2.75, 3.05) is 7.11 Å². The van der Waals surface area contributed by atoms with E-state index in [0.29, 0.717) is 5.56 Å². The van der Waals surface area contributed by atoms with Crippen molar-refractivity contribution in [3.63, 3.8) is 0 Å². The summed E-state index contributed by atoms with van der Waals surface area (Å²) in [4.78, 5) is 12.2. The van der Waals surface area contributed by atoms with Crippen molar-refractivity contribution in [2.45, 2.75) is 19.9 Å². The van der Waals surface area contributed by atoms with Crippen molar-refractivity contribution in [3.05, 3.63) is 45.9 Å². The van der Waals surface area contributed by atoms with E-state index >= 15 is 0 Å². The summed E-state index contributed by atoms with van der Waals surface area (Å²) in [6.45, 7) is 2.24. The molecule has 0 saturated carbocycles. The van der Waals surface area contributed by atoms with Gasteiger partial charge < -0.3 is 10.5 Å². The summed E-state index contributed by atoms with van der Waals surface area (Å²) in [6, 6.07) is 7.29. The van der Waals surface area contributed by atoms with Crippen LogP contribution in [0, 0.1) is 0 Å². The number of aromatic amines is 1. The molecule has 0 fully saturated rings. The lowest BCUT2D eigenvalue weighted by atomic mass is 10.2. The van der Waals surface area contributed by atoms with Gasteiger partial charge in [0.25, 0.3) is 5.56 Å². The molecule has 1 aromatic carbocycles. The van der Waals surface area contributed by atoms with Crippen LogP contribution in [0.2, 0.25) is 0 Å². The summed E-state index contributed by atoms with van der Waals surface area (Å²) in [7, 11) is 1.61. The number of benzene rings is 1. The van der Waals surface area contributed by atoms with Crippen LogP contribution in [0.15, 0.2) is 29.1 Å². The zero-order chi connectivity index (χ0) is 13.1. The Morgan fingerprint density at radius 3 is 2.44 bits per heavy atom. The molecule has 96 valence electrons. The maximum absolute atomic E-state index is 12.2. The van der Waals surface area contributed by atoms with Crippen LogP contribution in [-0.4, -0.2) is 16.9 Å². The van der Waals surface area contributed by atoms with Crippen LogP contribution in [0.25, 0.3) is 5.69 Å². The predicted molar refractivity (Wildman–Crippen MR) is 70.2 cm³/mol. The first-order chi connectivity index (χ1) is 8.71. The Labute approximate surface area is 105 Å². The fourth-order valence-electron chi connectivity index (χ4n) is 1.93. The second-order valence-corrected chi connectivity index (χ2v) is 3.97.